The first-order valence-corrected chi connectivity index (χ1v) is 5.09. The molecule has 0 saturated heterocycles. The van der Waals surface area contributed by atoms with Crippen LogP contribution in [0.3, 0.4) is 0 Å². The second kappa shape index (κ2) is 5.33. The minimum atomic E-state index is -0.630. The van der Waals surface area contributed by atoms with Crippen molar-refractivity contribution >= 4 is 29.2 Å². The Bertz CT molecular complexity index is 380. The number of hydrogen-bond donors (Lipinski definition) is 0. The van der Waals surface area contributed by atoms with Gasteiger partial charge in [0.2, 0.25) is 0 Å². The molecule has 0 spiro atoms. The van der Waals surface area contributed by atoms with Crippen LogP contribution >= 0.6 is 23.2 Å². The van der Waals surface area contributed by atoms with Gasteiger partial charge in [-0.2, -0.15) is 0 Å². The van der Waals surface area contributed by atoms with Crippen LogP contribution in [0.1, 0.15) is 12.5 Å². The minimum Gasteiger partial charge on any atom is -0.466 e. The van der Waals surface area contributed by atoms with Crippen LogP contribution in [0.5, 0.6) is 0 Å². The van der Waals surface area contributed by atoms with Gasteiger partial charge >= 0.3 is 5.97 Å². The molecule has 2 nitrogen and oxygen atoms in total. The molecule has 5 heteroatoms. The summed E-state index contributed by atoms with van der Waals surface area (Å²) in [5.41, 5.74) is 0.144. The maximum absolute atomic E-state index is 13.4. The lowest BCUT2D eigenvalue weighted by atomic mass is 10.1. The largest absolute Gasteiger partial charge is 0.466 e. The molecule has 1 aromatic carbocycles. The third-order valence-electron chi connectivity index (χ3n) is 1.71. The third kappa shape index (κ3) is 3.36. The maximum Gasteiger partial charge on any atom is 0.310 e. The summed E-state index contributed by atoms with van der Waals surface area (Å²) in [5.74, 6) is -1.14. The molecular weight excluding hydrogens is 242 g/mol. The Kier molecular flexibility index (Phi) is 4.36. The summed E-state index contributed by atoms with van der Waals surface area (Å²) in [6, 6.07) is 2.65. The Hall–Kier alpha value is -0.800. The van der Waals surface area contributed by atoms with E-state index < -0.39 is 11.8 Å². The zero-order chi connectivity index (χ0) is 11.4. The van der Waals surface area contributed by atoms with Gasteiger partial charge in [0.1, 0.15) is 5.82 Å². The van der Waals surface area contributed by atoms with Crippen LogP contribution in [-0.4, -0.2) is 12.6 Å². The van der Waals surface area contributed by atoms with Gasteiger partial charge in [-0.25, -0.2) is 4.39 Å². The summed E-state index contributed by atoms with van der Waals surface area (Å²) in [7, 11) is 0. The molecule has 0 unspecified atom stereocenters. The molecule has 0 aliphatic rings. The highest BCUT2D eigenvalue weighted by Crippen LogP contribution is 2.24. The minimum absolute atomic E-state index is 0.0956. The molecule has 0 bridgehead atoms. The Balaban J connectivity index is 2.89. The quantitative estimate of drug-likeness (QED) is 0.608. The van der Waals surface area contributed by atoms with Crippen molar-refractivity contribution in [3.8, 4) is 0 Å². The standard InChI is InChI=1S/C10H9Cl2FO2/c1-2-15-9(14)4-6-3-7(11)5-8(12)10(6)13/h3,5H,2,4H2,1H3. The molecule has 1 aromatic rings. The molecule has 0 aromatic heterocycles. The Morgan fingerprint density at radius 1 is 1.47 bits per heavy atom. The number of carbonyl (C=O) groups excluding carboxylic acids is 1. The highest BCUT2D eigenvalue weighted by atomic mass is 35.5. The van der Waals surface area contributed by atoms with Crippen molar-refractivity contribution in [1.29, 1.82) is 0 Å². The Morgan fingerprint density at radius 3 is 2.73 bits per heavy atom. The van der Waals surface area contributed by atoms with E-state index in [2.05, 4.69) is 4.74 Å². The molecule has 15 heavy (non-hydrogen) atoms. The van der Waals surface area contributed by atoms with Gasteiger partial charge in [0.25, 0.3) is 0 Å². The number of ether oxygens (including phenoxy) is 1. The van der Waals surface area contributed by atoms with Gasteiger partial charge < -0.3 is 4.74 Å². The van der Waals surface area contributed by atoms with E-state index >= 15 is 0 Å². The lowest BCUT2D eigenvalue weighted by Gasteiger charge is -2.05. The van der Waals surface area contributed by atoms with Crippen LogP contribution in [0.15, 0.2) is 12.1 Å². The Morgan fingerprint density at radius 2 is 2.13 bits per heavy atom. The number of rotatable bonds is 3. The molecule has 0 fully saturated rings. The number of halogens is 3. The predicted octanol–water partition coefficient (Wildman–Crippen LogP) is 3.24. The number of carbonyl (C=O) groups is 1. The van der Waals surface area contributed by atoms with E-state index in [9.17, 15) is 9.18 Å². The SMILES string of the molecule is CCOC(=O)Cc1cc(Cl)cc(Cl)c1F. The van der Waals surface area contributed by atoms with Crippen molar-refractivity contribution in [1.82, 2.24) is 0 Å². The fourth-order valence-electron chi connectivity index (χ4n) is 1.11. The lowest BCUT2D eigenvalue weighted by molar-refractivity contribution is -0.142. The highest BCUT2D eigenvalue weighted by Gasteiger charge is 2.12. The molecule has 82 valence electrons. The van der Waals surface area contributed by atoms with Crippen molar-refractivity contribution in [3.63, 3.8) is 0 Å². The van der Waals surface area contributed by atoms with Gasteiger partial charge in [0.15, 0.2) is 0 Å². The molecule has 0 radical (unpaired) electrons. The van der Waals surface area contributed by atoms with E-state index in [1.54, 1.807) is 6.92 Å². The molecule has 0 aliphatic carbocycles. The third-order valence-corrected chi connectivity index (χ3v) is 2.20. The summed E-state index contributed by atoms with van der Waals surface area (Å²) in [5, 5.41) is 0.197. The first kappa shape index (κ1) is 12.3. The van der Waals surface area contributed by atoms with Gasteiger partial charge in [-0.1, -0.05) is 23.2 Å². The van der Waals surface area contributed by atoms with Crippen LogP contribution in [0.25, 0.3) is 0 Å². The predicted molar refractivity (Wildman–Crippen MR) is 56.8 cm³/mol. The second-order valence-corrected chi connectivity index (χ2v) is 3.69. The van der Waals surface area contributed by atoms with Crippen molar-refractivity contribution in [2.45, 2.75) is 13.3 Å². The van der Waals surface area contributed by atoms with Gasteiger partial charge in [-0.3, -0.25) is 4.79 Å². The smallest absolute Gasteiger partial charge is 0.310 e. The average molecular weight is 251 g/mol. The van der Waals surface area contributed by atoms with E-state index in [0.29, 0.717) is 5.02 Å². The van der Waals surface area contributed by atoms with Gasteiger partial charge in [-0.05, 0) is 19.1 Å². The summed E-state index contributed by atoms with van der Waals surface area (Å²) in [4.78, 5) is 11.1. The van der Waals surface area contributed by atoms with Crippen LogP contribution in [0.2, 0.25) is 10.0 Å². The molecule has 0 amide bonds. The normalized spacial score (nSPS) is 10.1. The van der Waals surface area contributed by atoms with Crippen molar-refractivity contribution < 1.29 is 13.9 Å². The molecule has 1 rings (SSSR count). The molecular formula is C10H9Cl2FO2. The Labute approximate surface area is 96.9 Å². The number of esters is 1. The van der Waals surface area contributed by atoms with Crippen molar-refractivity contribution in [3.05, 3.63) is 33.6 Å². The molecule has 0 heterocycles. The zero-order valence-corrected chi connectivity index (χ0v) is 9.53. The van der Waals surface area contributed by atoms with Gasteiger partial charge in [-0.15, -0.1) is 0 Å². The van der Waals surface area contributed by atoms with Crippen LogP contribution in [0.4, 0.5) is 4.39 Å². The summed E-state index contributed by atoms with van der Waals surface area (Å²) < 4.78 is 18.1. The number of hydrogen-bond acceptors (Lipinski definition) is 2. The van der Waals surface area contributed by atoms with Crippen molar-refractivity contribution in [2.75, 3.05) is 6.61 Å². The van der Waals surface area contributed by atoms with E-state index in [1.807, 2.05) is 0 Å². The fraction of sp³-hybridized carbons (Fsp3) is 0.300. The first-order chi connectivity index (χ1) is 7.04. The monoisotopic (exact) mass is 250 g/mol. The molecule has 0 N–H and O–H groups in total. The van der Waals surface area contributed by atoms with Gasteiger partial charge in [0.05, 0.1) is 18.1 Å². The maximum atomic E-state index is 13.4. The number of benzene rings is 1. The molecule has 0 atom stereocenters. The lowest BCUT2D eigenvalue weighted by Crippen LogP contribution is -2.09. The van der Waals surface area contributed by atoms with Crippen molar-refractivity contribution in [2.24, 2.45) is 0 Å². The zero-order valence-electron chi connectivity index (χ0n) is 8.02. The average Bonchev–Trinajstić information content (AvgIpc) is 2.13. The summed E-state index contributed by atoms with van der Waals surface area (Å²) >= 11 is 11.2. The van der Waals surface area contributed by atoms with E-state index in [4.69, 9.17) is 23.2 Å². The van der Waals surface area contributed by atoms with Gasteiger partial charge in [0, 0.05) is 10.6 Å². The van der Waals surface area contributed by atoms with E-state index in [-0.39, 0.29) is 23.6 Å². The van der Waals surface area contributed by atoms with E-state index in [1.165, 1.54) is 12.1 Å². The molecule has 0 aliphatic heterocycles. The molecule has 0 saturated carbocycles. The fourth-order valence-corrected chi connectivity index (χ4v) is 1.64. The van der Waals surface area contributed by atoms with Crippen LogP contribution < -0.4 is 0 Å². The summed E-state index contributed by atoms with van der Waals surface area (Å²) in [6.07, 6.45) is -0.167. The highest BCUT2D eigenvalue weighted by molar-refractivity contribution is 6.34. The van der Waals surface area contributed by atoms with Crippen LogP contribution in [0, 0.1) is 5.82 Å². The first-order valence-electron chi connectivity index (χ1n) is 4.33. The van der Waals surface area contributed by atoms with Crippen LogP contribution in [-0.2, 0) is 16.0 Å². The van der Waals surface area contributed by atoms with E-state index in [0.717, 1.165) is 0 Å². The summed E-state index contributed by atoms with van der Waals surface area (Å²) in [6.45, 7) is 1.94. The topological polar surface area (TPSA) is 26.3 Å². The second-order valence-electron chi connectivity index (χ2n) is 2.84.